The third-order valence-corrected chi connectivity index (χ3v) is 3.26. The number of nitriles is 1. The number of rotatable bonds is 4. The average Bonchev–Trinajstić information content (AvgIpc) is 2.45. The minimum absolute atomic E-state index is 0.659. The van der Waals surface area contributed by atoms with Crippen LogP contribution in [0.15, 0.2) is 30.6 Å². The molecule has 0 aliphatic rings. The van der Waals surface area contributed by atoms with Crippen molar-refractivity contribution in [3.8, 4) is 6.07 Å². The normalized spacial score (nSPS) is 10.1. The van der Waals surface area contributed by atoms with Crippen LogP contribution in [0.2, 0.25) is 0 Å². The molecule has 0 fully saturated rings. The fraction of sp³-hybridized carbons (Fsp3) is 0.312. The Morgan fingerprint density at radius 1 is 1.25 bits per heavy atom. The van der Waals surface area contributed by atoms with Crippen LogP contribution in [0.4, 0.5) is 5.69 Å². The van der Waals surface area contributed by atoms with Crippen LogP contribution in [0.1, 0.15) is 29.4 Å². The van der Waals surface area contributed by atoms with Gasteiger partial charge in [-0.15, -0.1) is 0 Å². The van der Waals surface area contributed by atoms with Gasteiger partial charge in [0.15, 0.2) is 0 Å². The van der Waals surface area contributed by atoms with Gasteiger partial charge < -0.3 is 4.90 Å². The van der Waals surface area contributed by atoms with Gasteiger partial charge in [0.05, 0.1) is 16.9 Å². The van der Waals surface area contributed by atoms with E-state index in [1.165, 1.54) is 5.56 Å². The Kier molecular flexibility index (Phi) is 4.31. The topological polar surface area (TPSA) is 52.8 Å². The van der Waals surface area contributed by atoms with E-state index in [1.807, 2.05) is 32.0 Å². The third kappa shape index (κ3) is 2.94. The summed E-state index contributed by atoms with van der Waals surface area (Å²) in [5.74, 6) is 0. The van der Waals surface area contributed by atoms with Crippen LogP contribution in [-0.4, -0.2) is 16.5 Å². The molecule has 4 heteroatoms. The fourth-order valence-electron chi connectivity index (χ4n) is 2.27. The molecule has 0 spiro atoms. The predicted molar refractivity (Wildman–Crippen MR) is 79.4 cm³/mol. The molecular weight excluding hydrogens is 248 g/mol. The maximum Gasteiger partial charge on any atom is 0.103 e. The quantitative estimate of drug-likeness (QED) is 0.853. The molecular formula is C16H18N4. The largest absolute Gasteiger partial charge is 0.366 e. The van der Waals surface area contributed by atoms with E-state index in [2.05, 4.69) is 27.9 Å². The Morgan fingerprint density at radius 2 is 1.95 bits per heavy atom. The van der Waals surface area contributed by atoms with E-state index >= 15 is 0 Å². The summed E-state index contributed by atoms with van der Waals surface area (Å²) in [4.78, 5) is 10.6. The summed E-state index contributed by atoms with van der Waals surface area (Å²) in [5.41, 5.74) is 4.52. The minimum atomic E-state index is 0.659. The molecule has 0 radical (unpaired) electrons. The van der Waals surface area contributed by atoms with Crippen LogP contribution in [0, 0.1) is 25.2 Å². The van der Waals surface area contributed by atoms with Crippen molar-refractivity contribution < 1.29 is 0 Å². The summed E-state index contributed by atoms with van der Waals surface area (Å²) in [6.07, 6.45) is 3.58. The number of pyridine rings is 2. The first kappa shape index (κ1) is 14.0. The summed E-state index contributed by atoms with van der Waals surface area (Å²) >= 11 is 0. The van der Waals surface area contributed by atoms with Crippen LogP contribution in [0.25, 0.3) is 0 Å². The van der Waals surface area contributed by atoms with E-state index in [1.54, 1.807) is 12.4 Å². The standard InChI is InChI=1S/C16H18N4/c1-4-20(11-14-5-7-18-8-6-14)16-9-12(2)19-13(3)15(16)10-17/h5-9H,4,11H2,1-3H3. The van der Waals surface area contributed by atoms with E-state index in [0.717, 1.165) is 30.2 Å². The van der Waals surface area contributed by atoms with E-state index in [-0.39, 0.29) is 0 Å². The van der Waals surface area contributed by atoms with Gasteiger partial charge in [-0.05, 0) is 44.5 Å². The second-order valence-corrected chi connectivity index (χ2v) is 4.72. The smallest absolute Gasteiger partial charge is 0.103 e. The highest BCUT2D eigenvalue weighted by Gasteiger charge is 2.14. The Bertz CT molecular complexity index is 629. The second-order valence-electron chi connectivity index (χ2n) is 4.72. The average molecular weight is 266 g/mol. The first-order chi connectivity index (χ1) is 9.65. The first-order valence-corrected chi connectivity index (χ1v) is 6.68. The van der Waals surface area contributed by atoms with Gasteiger partial charge in [0.25, 0.3) is 0 Å². The monoisotopic (exact) mass is 266 g/mol. The van der Waals surface area contributed by atoms with Crippen molar-refractivity contribution >= 4 is 5.69 Å². The minimum Gasteiger partial charge on any atom is -0.366 e. The molecule has 0 aliphatic heterocycles. The molecule has 0 N–H and O–H groups in total. The van der Waals surface area contributed by atoms with Crippen molar-refractivity contribution in [2.24, 2.45) is 0 Å². The van der Waals surface area contributed by atoms with Crippen molar-refractivity contribution in [3.63, 3.8) is 0 Å². The molecule has 0 aromatic carbocycles. The lowest BCUT2D eigenvalue weighted by atomic mass is 10.1. The lowest BCUT2D eigenvalue weighted by Gasteiger charge is -2.25. The van der Waals surface area contributed by atoms with Crippen LogP contribution in [-0.2, 0) is 6.54 Å². The van der Waals surface area contributed by atoms with Gasteiger partial charge >= 0.3 is 0 Å². The molecule has 0 saturated carbocycles. The molecule has 0 aliphatic carbocycles. The van der Waals surface area contributed by atoms with Crippen LogP contribution in [0.3, 0.4) is 0 Å². The Hall–Kier alpha value is -2.41. The number of nitrogens with zero attached hydrogens (tertiary/aromatic N) is 4. The molecule has 4 nitrogen and oxygen atoms in total. The first-order valence-electron chi connectivity index (χ1n) is 6.68. The Balaban J connectivity index is 2.40. The summed E-state index contributed by atoms with van der Waals surface area (Å²) in [7, 11) is 0. The fourth-order valence-corrected chi connectivity index (χ4v) is 2.27. The van der Waals surface area contributed by atoms with Gasteiger partial charge in [0, 0.05) is 31.2 Å². The predicted octanol–water partition coefficient (Wildman–Crippen LogP) is 2.99. The zero-order valence-corrected chi connectivity index (χ0v) is 12.1. The van der Waals surface area contributed by atoms with Gasteiger partial charge in [-0.2, -0.15) is 5.26 Å². The van der Waals surface area contributed by atoms with Gasteiger partial charge in [-0.1, -0.05) is 0 Å². The van der Waals surface area contributed by atoms with E-state index in [0.29, 0.717) is 5.56 Å². The summed E-state index contributed by atoms with van der Waals surface area (Å²) in [6.45, 7) is 7.52. The highest BCUT2D eigenvalue weighted by molar-refractivity contribution is 5.61. The number of aryl methyl sites for hydroxylation is 2. The molecule has 2 rings (SSSR count). The maximum atomic E-state index is 9.37. The molecule has 0 bridgehead atoms. The Morgan fingerprint density at radius 3 is 2.55 bits per heavy atom. The van der Waals surface area contributed by atoms with Gasteiger partial charge in [-0.3, -0.25) is 9.97 Å². The van der Waals surface area contributed by atoms with E-state index in [4.69, 9.17) is 0 Å². The van der Waals surface area contributed by atoms with Crippen molar-refractivity contribution in [2.75, 3.05) is 11.4 Å². The van der Waals surface area contributed by atoms with Crippen molar-refractivity contribution in [3.05, 3.63) is 53.1 Å². The number of aromatic nitrogens is 2. The number of hydrogen-bond donors (Lipinski definition) is 0. The van der Waals surface area contributed by atoms with Crippen LogP contribution in [0.5, 0.6) is 0 Å². The van der Waals surface area contributed by atoms with E-state index in [9.17, 15) is 5.26 Å². The lowest BCUT2D eigenvalue weighted by Crippen LogP contribution is -2.23. The van der Waals surface area contributed by atoms with E-state index < -0.39 is 0 Å². The van der Waals surface area contributed by atoms with Crippen molar-refractivity contribution in [1.82, 2.24) is 9.97 Å². The maximum absolute atomic E-state index is 9.37. The molecule has 0 saturated heterocycles. The van der Waals surface area contributed by atoms with Crippen molar-refractivity contribution in [1.29, 1.82) is 5.26 Å². The number of anilines is 1. The highest BCUT2D eigenvalue weighted by Crippen LogP contribution is 2.24. The zero-order chi connectivity index (χ0) is 14.5. The lowest BCUT2D eigenvalue weighted by molar-refractivity contribution is 0.824. The summed E-state index contributed by atoms with van der Waals surface area (Å²) < 4.78 is 0. The summed E-state index contributed by atoms with van der Waals surface area (Å²) in [5, 5.41) is 9.37. The SMILES string of the molecule is CCN(Cc1ccncc1)c1cc(C)nc(C)c1C#N. The molecule has 0 amide bonds. The number of hydrogen-bond acceptors (Lipinski definition) is 4. The third-order valence-electron chi connectivity index (χ3n) is 3.26. The van der Waals surface area contributed by atoms with Gasteiger partial charge in [0.1, 0.15) is 6.07 Å². The molecule has 20 heavy (non-hydrogen) atoms. The molecule has 2 aromatic rings. The molecule has 2 heterocycles. The molecule has 102 valence electrons. The van der Waals surface area contributed by atoms with Gasteiger partial charge in [0.2, 0.25) is 0 Å². The summed E-state index contributed by atoms with van der Waals surface area (Å²) in [6, 6.07) is 8.25. The molecule has 0 unspecified atom stereocenters. The van der Waals surface area contributed by atoms with Crippen LogP contribution >= 0.6 is 0 Å². The zero-order valence-electron chi connectivity index (χ0n) is 12.1. The van der Waals surface area contributed by atoms with Gasteiger partial charge in [-0.25, -0.2) is 0 Å². The van der Waals surface area contributed by atoms with Crippen molar-refractivity contribution in [2.45, 2.75) is 27.3 Å². The molecule has 0 atom stereocenters. The second kappa shape index (κ2) is 6.16. The highest BCUT2D eigenvalue weighted by atomic mass is 15.1. The van der Waals surface area contributed by atoms with Crippen LogP contribution < -0.4 is 4.90 Å². The molecule has 2 aromatic heterocycles. The Labute approximate surface area is 119 Å².